The molecule has 1 aromatic carbocycles. The molecule has 1 aliphatic rings. The van der Waals surface area contributed by atoms with Crippen LogP contribution in [0.15, 0.2) is 24.3 Å². The number of hydrogen-bond acceptors (Lipinski definition) is 3. The normalized spacial score (nSPS) is 15.4. The summed E-state index contributed by atoms with van der Waals surface area (Å²) in [5.74, 6) is 0.759. The van der Waals surface area contributed by atoms with Crippen LogP contribution in [0.25, 0.3) is 0 Å². The second kappa shape index (κ2) is 7.14. The number of likely N-dealkylation sites (tertiary alicyclic amines) is 1. The van der Waals surface area contributed by atoms with Crippen LogP contribution >= 0.6 is 0 Å². The Kier molecular flexibility index (Phi) is 5.21. The highest BCUT2D eigenvalue weighted by molar-refractivity contribution is 5.94. The van der Waals surface area contributed by atoms with Crippen molar-refractivity contribution in [1.29, 1.82) is 0 Å². The first kappa shape index (κ1) is 13.9. The Morgan fingerprint density at radius 2 is 1.95 bits per heavy atom. The Morgan fingerprint density at radius 3 is 2.58 bits per heavy atom. The molecule has 1 heterocycles. The Balaban J connectivity index is 1.68. The molecule has 0 atom stereocenters. The molecule has 0 unspecified atom stereocenters. The van der Waals surface area contributed by atoms with Crippen molar-refractivity contribution < 1.29 is 9.53 Å². The number of ether oxygens (including phenoxy) is 1. The van der Waals surface area contributed by atoms with E-state index >= 15 is 0 Å². The van der Waals surface area contributed by atoms with Crippen LogP contribution in [0.2, 0.25) is 0 Å². The predicted octanol–water partition coefficient (Wildman–Crippen LogP) is 1.91. The van der Waals surface area contributed by atoms with E-state index in [0.717, 1.165) is 25.3 Å². The number of methoxy groups -OCH3 is 1. The molecule has 104 valence electrons. The molecule has 0 spiro atoms. The van der Waals surface area contributed by atoms with E-state index in [1.807, 2.05) is 0 Å². The van der Waals surface area contributed by atoms with Crippen LogP contribution < -0.4 is 10.1 Å². The maximum atomic E-state index is 11.9. The molecule has 1 saturated heterocycles. The van der Waals surface area contributed by atoms with Gasteiger partial charge in [-0.05, 0) is 63.2 Å². The monoisotopic (exact) mass is 262 g/mol. The van der Waals surface area contributed by atoms with Gasteiger partial charge in [0.25, 0.3) is 5.91 Å². The predicted molar refractivity (Wildman–Crippen MR) is 75.6 cm³/mol. The smallest absolute Gasteiger partial charge is 0.251 e. The Labute approximate surface area is 114 Å². The number of rotatable bonds is 6. The topological polar surface area (TPSA) is 41.6 Å². The van der Waals surface area contributed by atoms with Gasteiger partial charge in [0.2, 0.25) is 0 Å². The minimum atomic E-state index is -0.0101. The number of carbonyl (C=O) groups excluding carboxylic acids is 1. The number of benzene rings is 1. The van der Waals surface area contributed by atoms with Crippen LogP contribution in [-0.4, -0.2) is 44.1 Å². The summed E-state index contributed by atoms with van der Waals surface area (Å²) in [6, 6.07) is 7.18. The molecule has 4 heteroatoms. The van der Waals surface area contributed by atoms with Gasteiger partial charge in [-0.25, -0.2) is 0 Å². The standard InChI is InChI=1S/C15H22N2O2/c1-19-14-7-5-13(6-8-14)15(18)16-9-4-12-17-10-2-3-11-17/h5-8H,2-4,9-12H2,1H3,(H,16,18). The fourth-order valence-electron chi connectivity index (χ4n) is 2.36. The summed E-state index contributed by atoms with van der Waals surface area (Å²) < 4.78 is 5.07. The fraction of sp³-hybridized carbons (Fsp3) is 0.533. The van der Waals surface area contributed by atoms with E-state index in [1.54, 1.807) is 31.4 Å². The van der Waals surface area contributed by atoms with Crippen molar-refractivity contribution in [2.24, 2.45) is 0 Å². The highest BCUT2D eigenvalue weighted by atomic mass is 16.5. The molecule has 0 saturated carbocycles. The van der Waals surface area contributed by atoms with Gasteiger partial charge < -0.3 is 15.0 Å². The highest BCUT2D eigenvalue weighted by Gasteiger charge is 2.10. The molecule has 19 heavy (non-hydrogen) atoms. The molecule has 0 radical (unpaired) electrons. The lowest BCUT2D eigenvalue weighted by atomic mass is 10.2. The Morgan fingerprint density at radius 1 is 1.26 bits per heavy atom. The third-order valence-corrected chi connectivity index (χ3v) is 3.49. The molecule has 0 aliphatic carbocycles. The van der Waals surface area contributed by atoms with Crippen molar-refractivity contribution in [2.45, 2.75) is 19.3 Å². The molecule has 0 aromatic heterocycles. The van der Waals surface area contributed by atoms with Gasteiger partial charge in [0.15, 0.2) is 0 Å². The first-order valence-electron chi connectivity index (χ1n) is 6.94. The van der Waals surface area contributed by atoms with Crippen LogP contribution in [0.5, 0.6) is 5.75 Å². The minimum absolute atomic E-state index is 0.0101. The lowest BCUT2D eigenvalue weighted by molar-refractivity contribution is 0.0952. The average molecular weight is 262 g/mol. The SMILES string of the molecule is COc1ccc(C(=O)NCCCN2CCCC2)cc1. The summed E-state index contributed by atoms with van der Waals surface area (Å²) in [4.78, 5) is 14.3. The van der Waals surface area contributed by atoms with Crippen molar-refractivity contribution in [3.05, 3.63) is 29.8 Å². The first-order chi connectivity index (χ1) is 9.29. The van der Waals surface area contributed by atoms with Crippen molar-refractivity contribution in [2.75, 3.05) is 33.3 Å². The maximum absolute atomic E-state index is 11.9. The van der Waals surface area contributed by atoms with Crippen LogP contribution in [0, 0.1) is 0 Å². The summed E-state index contributed by atoms with van der Waals surface area (Å²) >= 11 is 0. The van der Waals surface area contributed by atoms with Gasteiger partial charge in [0.05, 0.1) is 7.11 Å². The molecule has 1 amide bonds. The molecule has 1 aromatic rings. The first-order valence-corrected chi connectivity index (χ1v) is 6.94. The van der Waals surface area contributed by atoms with Crippen molar-refractivity contribution >= 4 is 5.91 Å². The molecule has 2 rings (SSSR count). The van der Waals surface area contributed by atoms with E-state index in [1.165, 1.54) is 25.9 Å². The maximum Gasteiger partial charge on any atom is 0.251 e. The zero-order valence-electron chi connectivity index (χ0n) is 11.5. The number of carbonyl (C=O) groups is 1. The minimum Gasteiger partial charge on any atom is -0.497 e. The van der Waals surface area contributed by atoms with Crippen molar-refractivity contribution in [1.82, 2.24) is 10.2 Å². The van der Waals surface area contributed by atoms with E-state index in [-0.39, 0.29) is 5.91 Å². The van der Waals surface area contributed by atoms with Gasteiger partial charge in [-0.15, -0.1) is 0 Å². The van der Waals surface area contributed by atoms with Crippen LogP contribution in [0.3, 0.4) is 0 Å². The molecule has 1 aliphatic heterocycles. The summed E-state index contributed by atoms with van der Waals surface area (Å²) in [5, 5.41) is 2.95. The quantitative estimate of drug-likeness (QED) is 0.796. The molecule has 1 fully saturated rings. The number of amides is 1. The molecular formula is C15H22N2O2. The van der Waals surface area contributed by atoms with Crippen molar-refractivity contribution in [3.63, 3.8) is 0 Å². The number of hydrogen-bond donors (Lipinski definition) is 1. The van der Waals surface area contributed by atoms with E-state index in [0.29, 0.717) is 5.56 Å². The van der Waals surface area contributed by atoms with E-state index in [4.69, 9.17) is 4.74 Å². The molecule has 1 N–H and O–H groups in total. The van der Waals surface area contributed by atoms with Gasteiger partial charge in [-0.3, -0.25) is 4.79 Å². The second-order valence-electron chi connectivity index (χ2n) is 4.89. The molecular weight excluding hydrogens is 240 g/mol. The second-order valence-corrected chi connectivity index (χ2v) is 4.89. The summed E-state index contributed by atoms with van der Waals surface area (Å²) in [6.45, 7) is 4.25. The summed E-state index contributed by atoms with van der Waals surface area (Å²) in [6.07, 6.45) is 3.65. The zero-order chi connectivity index (χ0) is 13.5. The van der Waals surface area contributed by atoms with E-state index in [2.05, 4.69) is 10.2 Å². The zero-order valence-corrected chi connectivity index (χ0v) is 11.5. The van der Waals surface area contributed by atoms with Gasteiger partial charge >= 0.3 is 0 Å². The third-order valence-electron chi connectivity index (χ3n) is 3.49. The average Bonchev–Trinajstić information content (AvgIpc) is 2.96. The number of nitrogens with zero attached hydrogens (tertiary/aromatic N) is 1. The van der Waals surface area contributed by atoms with Crippen molar-refractivity contribution in [3.8, 4) is 5.75 Å². The summed E-state index contributed by atoms with van der Waals surface area (Å²) in [7, 11) is 1.62. The third kappa shape index (κ3) is 4.24. The lowest BCUT2D eigenvalue weighted by Crippen LogP contribution is -2.28. The highest BCUT2D eigenvalue weighted by Crippen LogP contribution is 2.11. The molecule has 4 nitrogen and oxygen atoms in total. The van der Waals surface area contributed by atoms with Gasteiger partial charge in [0, 0.05) is 12.1 Å². The largest absolute Gasteiger partial charge is 0.497 e. The Bertz CT molecular complexity index is 397. The van der Waals surface area contributed by atoms with Crippen LogP contribution in [-0.2, 0) is 0 Å². The van der Waals surface area contributed by atoms with Gasteiger partial charge in [-0.1, -0.05) is 0 Å². The van der Waals surface area contributed by atoms with Crippen LogP contribution in [0.4, 0.5) is 0 Å². The Hall–Kier alpha value is -1.55. The lowest BCUT2D eigenvalue weighted by Gasteiger charge is -2.14. The van der Waals surface area contributed by atoms with E-state index < -0.39 is 0 Å². The summed E-state index contributed by atoms with van der Waals surface area (Å²) in [5.41, 5.74) is 0.682. The molecule has 0 bridgehead atoms. The fourth-order valence-corrected chi connectivity index (χ4v) is 2.36. The van der Waals surface area contributed by atoms with Crippen LogP contribution in [0.1, 0.15) is 29.6 Å². The van der Waals surface area contributed by atoms with Gasteiger partial charge in [-0.2, -0.15) is 0 Å². The van der Waals surface area contributed by atoms with E-state index in [9.17, 15) is 4.79 Å². The van der Waals surface area contributed by atoms with Gasteiger partial charge in [0.1, 0.15) is 5.75 Å². The number of nitrogens with one attached hydrogen (secondary N) is 1.